The van der Waals surface area contributed by atoms with Crippen molar-refractivity contribution in [2.75, 3.05) is 19.6 Å². The fourth-order valence-corrected chi connectivity index (χ4v) is 1.28. The van der Waals surface area contributed by atoms with Gasteiger partial charge in [-0.3, -0.25) is 15.0 Å². The third-order valence-corrected chi connectivity index (χ3v) is 1.82. The van der Waals surface area contributed by atoms with Gasteiger partial charge in [0, 0.05) is 6.54 Å². The van der Waals surface area contributed by atoms with Crippen LogP contribution in [0.5, 0.6) is 0 Å². The number of carbonyl (C=O) groups excluding carboxylic acids is 2. The van der Waals surface area contributed by atoms with Crippen molar-refractivity contribution in [2.45, 2.75) is 6.42 Å². The highest BCUT2D eigenvalue weighted by molar-refractivity contribution is 5.94. The van der Waals surface area contributed by atoms with E-state index in [-0.39, 0.29) is 18.9 Å². The topological polar surface area (TPSA) is 75.4 Å². The molecule has 0 aliphatic carbocycles. The molecule has 0 unspecified atom stereocenters. The number of amides is 3. The minimum atomic E-state index is -0.886. The number of halogens is 1. The molecule has 1 rings (SSSR count). The number of hydrogen-bond donors (Lipinski definition) is 2. The van der Waals surface area contributed by atoms with Gasteiger partial charge in [0.2, 0.25) is 5.91 Å². The van der Waals surface area contributed by atoms with Crippen LogP contribution in [0.15, 0.2) is 11.9 Å². The van der Waals surface area contributed by atoms with Crippen molar-refractivity contribution in [3.05, 3.63) is 11.9 Å². The van der Waals surface area contributed by atoms with Gasteiger partial charge in [-0.25, -0.2) is 9.18 Å². The Morgan fingerprint density at radius 3 is 2.93 bits per heavy atom. The molecule has 0 spiro atoms. The first-order chi connectivity index (χ1) is 6.58. The lowest BCUT2D eigenvalue weighted by atomic mass is 10.2. The second-order valence-corrected chi connectivity index (χ2v) is 3.06. The van der Waals surface area contributed by atoms with Crippen molar-refractivity contribution in [3.63, 3.8) is 0 Å². The SMILES string of the molecule is NC(=O)NC(=O)CN1CCC=C(F)C1. The Morgan fingerprint density at radius 1 is 1.64 bits per heavy atom. The number of nitrogens with two attached hydrogens (primary N) is 1. The third kappa shape index (κ3) is 3.53. The molecule has 0 aromatic heterocycles. The van der Waals surface area contributed by atoms with Crippen molar-refractivity contribution < 1.29 is 14.0 Å². The monoisotopic (exact) mass is 201 g/mol. The smallest absolute Gasteiger partial charge is 0.318 e. The number of urea groups is 1. The second-order valence-electron chi connectivity index (χ2n) is 3.06. The maximum atomic E-state index is 12.7. The van der Waals surface area contributed by atoms with Crippen LogP contribution < -0.4 is 11.1 Å². The van der Waals surface area contributed by atoms with Crippen molar-refractivity contribution in [1.82, 2.24) is 10.2 Å². The first-order valence-corrected chi connectivity index (χ1v) is 4.24. The van der Waals surface area contributed by atoms with E-state index in [1.165, 1.54) is 6.08 Å². The van der Waals surface area contributed by atoms with Crippen LogP contribution in [-0.4, -0.2) is 36.5 Å². The number of carbonyl (C=O) groups is 2. The molecule has 0 atom stereocenters. The molecule has 0 aromatic rings. The van der Waals surface area contributed by atoms with Crippen LogP contribution in [0.4, 0.5) is 9.18 Å². The molecular formula is C8H12FN3O2. The molecule has 3 N–H and O–H groups in total. The highest BCUT2D eigenvalue weighted by Gasteiger charge is 2.15. The summed E-state index contributed by atoms with van der Waals surface area (Å²) < 4.78 is 12.7. The van der Waals surface area contributed by atoms with E-state index in [0.717, 1.165) is 0 Å². The van der Waals surface area contributed by atoms with Gasteiger partial charge in [-0.05, 0) is 6.42 Å². The number of primary amides is 1. The second kappa shape index (κ2) is 4.71. The zero-order valence-corrected chi connectivity index (χ0v) is 7.62. The van der Waals surface area contributed by atoms with Crippen LogP contribution in [0.3, 0.4) is 0 Å². The summed E-state index contributed by atoms with van der Waals surface area (Å²) in [6.45, 7) is 0.718. The van der Waals surface area contributed by atoms with E-state index in [0.29, 0.717) is 13.0 Å². The highest BCUT2D eigenvalue weighted by Crippen LogP contribution is 2.09. The molecule has 1 aliphatic rings. The molecular weight excluding hydrogens is 189 g/mol. The summed E-state index contributed by atoms with van der Waals surface area (Å²) in [6, 6.07) is -0.886. The summed E-state index contributed by atoms with van der Waals surface area (Å²) in [4.78, 5) is 22.9. The lowest BCUT2D eigenvalue weighted by molar-refractivity contribution is -0.121. The van der Waals surface area contributed by atoms with E-state index in [9.17, 15) is 14.0 Å². The van der Waals surface area contributed by atoms with Crippen LogP contribution in [0.1, 0.15) is 6.42 Å². The molecule has 0 radical (unpaired) electrons. The maximum absolute atomic E-state index is 12.7. The normalized spacial score (nSPS) is 17.4. The standard InChI is InChI=1S/C8H12FN3O2/c9-6-2-1-3-12(4-6)5-7(13)11-8(10)14/h2H,1,3-5H2,(H3,10,11,13,14). The Hall–Kier alpha value is -1.43. The van der Waals surface area contributed by atoms with Gasteiger partial charge in [-0.2, -0.15) is 0 Å². The van der Waals surface area contributed by atoms with Crippen molar-refractivity contribution >= 4 is 11.9 Å². The maximum Gasteiger partial charge on any atom is 0.318 e. The molecule has 78 valence electrons. The van der Waals surface area contributed by atoms with Crippen LogP contribution in [-0.2, 0) is 4.79 Å². The summed E-state index contributed by atoms with van der Waals surface area (Å²) in [5, 5.41) is 1.92. The molecule has 0 saturated carbocycles. The molecule has 0 aromatic carbocycles. The zero-order valence-electron chi connectivity index (χ0n) is 7.62. The molecule has 3 amide bonds. The Bertz CT molecular complexity index is 278. The molecule has 14 heavy (non-hydrogen) atoms. The minimum absolute atomic E-state index is 0.00972. The molecule has 0 bridgehead atoms. The predicted octanol–water partition coefficient (Wildman–Crippen LogP) is -0.260. The van der Waals surface area contributed by atoms with E-state index in [2.05, 4.69) is 0 Å². The lowest BCUT2D eigenvalue weighted by Crippen LogP contribution is -2.43. The van der Waals surface area contributed by atoms with Gasteiger partial charge < -0.3 is 5.73 Å². The molecule has 6 heteroatoms. The average molecular weight is 201 g/mol. The quantitative estimate of drug-likeness (QED) is 0.646. The van der Waals surface area contributed by atoms with Gasteiger partial charge in [-0.15, -0.1) is 0 Å². The first kappa shape index (κ1) is 10.6. The Kier molecular flexibility index (Phi) is 3.58. The fourth-order valence-electron chi connectivity index (χ4n) is 1.28. The van der Waals surface area contributed by atoms with Gasteiger partial charge >= 0.3 is 6.03 Å². The van der Waals surface area contributed by atoms with Gasteiger partial charge in [0.25, 0.3) is 0 Å². The van der Waals surface area contributed by atoms with Crippen molar-refractivity contribution in [2.24, 2.45) is 5.73 Å². The van der Waals surface area contributed by atoms with E-state index in [4.69, 9.17) is 5.73 Å². The van der Waals surface area contributed by atoms with Crippen LogP contribution >= 0.6 is 0 Å². The van der Waals surface area contributed by atoms with Gasteiger partial charge in [0.05, 0.1) is 13.1 Å². The van der Waals surface area contributed by atoms with E-state index < -0.39 is 11.9 Å². The molecule has 1 heterocycles. The van der Waals surface area contributed by atoms with E-state index >= 15 is 0 Å². The molecule has 0 saturated heterocycles. The number of hydrogen-bond acceptors (Lipinski definition) is 3. The number of rotatable bonds is 2. The summed E-state index contributed by atoms with van der Waals surface area (Å²) in [5.74, 6) is -0.754. The average Bonchev–Trinajstić information content (AvgIpc) is 2.01. The molecule has 1 aliphatic heterocycles. The van der Waals surface area contributed by atoms with Gasteiger partial charge in [0.15, 0.2) is 0 Å². The van der Waals surface area contributed by atoms with Crippen LogP contribution in [0.25, 0.3) is 0 Å². The highest BCUT2D eigenvalue weighted by atomic mass is 19.1. The number of nitrogens with one attached hydrogen (secondary N) is 1. The minimum Gasteiger partial charge on any atom is -0.351 e. The summed E-state index contributed by atoms with van der Waals surface area (Å²) in [7, 11) is 0. The third-order valence-electron chi connectivity index (χ3n) is 1.82. The van der Waals surface area contributed by atoms with Crippen molar-refractivity contribution in [3.8, 4) is 0 Å². The predicted molar refractivity (Wildman–Crippen MR) is 48.0 cm³/mol. The molecule has 0 fully saturated rings. The Labute approximate surface area is 80.7 Å². The Balaban J connectivity index is 2.34. The van der Waals surface area contributed by atoms with Crippen LogP contribution in [0, 0.1) is 0 Å². The van der Waals surface area contributed by atoms with Gasteiger partial charge in [0.1, 0.15) is 5.83 Å². The van der Waals surface area contributed by atoms with Crippen LogP contribution in [0.2, 0.25) is 0 Å². The lowest BCUT2D eigenvalue weighted by Gasteiger charge is -2.22. The Morgan fingerprint density at radius 2 is 2.36 bits per heavy atom. The van der Waals surface area contributed by atoms with E-state index in [1.54, 1.807) is 4.90 Å². The first-order valence-electron chi connectivity index (χ1n) is 4.24. The summed E-state index contributed by atoms with van der Waals surface area (Å²) in [6.07, 6.45) is 2.07. The fraction of sp³-hybridized carbons (Fsp3) is 0.500. The largest absolute Gasteiger partial charge is 0.351 e. The van der Waals surface area contributed by atoms with E-state index in [1.807, 2.05) is 5.32 Å². The van der Waals surface area contributed by atoms with Crippen molar-refractivity contribution in [1.29, 1.82) is 0 Å². The summed E-state index contributed by atoms with van der Waals surface area (Å²) in [5.41, 5.74) is 4.75. The number of imide groups is 1. The summed E-state index contributed by atoms with van der Waals surface area (Å²) >= 11 is 0. The number of nitrogens with zero attached hydrogens (tertiary/aromatic N) is 1. The zero-order chi connectivity index (χ0) is 10.6. The van der Waals surface area contributed by atoms with Gasteiger partial charge in [-0.1, -0.05) is 6.08 Å². The molecule has 5 nitrogen and oxygen atoms in total.